The van der Waals surface area contributed by atoms with Gasteiger partial charge in [0, 0.05) is 0 Å². The summed E-state index contributed by atoms with van der Waals surface area (Å²) in [5.41, 5.74) is -30.6. The maximum Gasteiger partial charge on any atom is 0.232 e. The van der Waals surface area contributed by atoms with E-state index < -0.39 is 51.7 Å². The fourth-order valence-corrected chi connectivity index (χ4v) is 5.99. The molecule has 0 heterocycles. The lowest BCUT2D eigenvalue weighted by Crippen LogP contribution is -3.45. The van der Waals surface area contributed by atoms with Gasteiger partial charge in [0.25, 0.3) is 0 Å². The first-order valence-electron chi connectivity index (χ1n) is 4.99. The zero-order chi connectivity index (χ0) is 12.7. The molecule has 8 heteroatoms. The molecule has 0 bridgehead atoms. The Kier molecular flexibility index (Phi) is 0.763. The molecule has 0 aliphatic heterocycles. The van der Waals surface area contributed by atoms with Crippen molar-refractivity contribution in [3.8, 4) is 0 Å². The Morgan fingerprint density at radius 1 is 0.529 bits per heavy atom. The minimum absolute atomic E-state index is 1.60. The van der Waals surface area contributed by atoms with Crippen molar-refractivity contribution in [3.63, 3.8) is 0 Å². The topological polar surface area (TPSA) is 20.2 Å². The Morgan fingerprint density at radius 2 is 0.765 bits per heavy atom. The lowest BCUT2D eigenvalue weighted by molar-refractivity contribution is -0.804. The van der Waals surface area contributed by atoms with Crippen molar-refractivity contribution in [3.05, 3.63) is 0 Å². The Balaban J connectivity index is 1.91. The summed E-state index contributed by atoms with van der Waals surface area (Å²) in [4.78, 5) is 0. The summed E-state index contributed by atoms with van der Waals surface area (Å²) in [5, 5.41) is 8.80. The van der Waals surface area contributed by atoms with E-state index in [-0.39, 0.29) is 0 Å². The second kappa shape index (κ2) is 1.38. The van der Waals surface area contributed by atoms with Crippen molar-refractivity contribution in [1.82, 2.24) is 0 Å². The molecule has 0 spiro atoms. The van der Waals surface area contributed by atoms with E-state index in [2.05, 4.69) is 0 Å². The zero-order valence-electron chi connectivity index (χ0n) is 7.80. The molecule has 6 aliphatic rings. The van der Waals surface area contributed by atoms with Gasteiger partial charge >= 0.3 is 0 Å². The summed E-state index contributed by atoms with van der Waals surface area (Å²) in [6, 6.07) is 0. The van der Waals surface area contributed by atoms with Gasteiger partial charge in [-0.1, -0.05) is 0 Å². The molecule has 0 saturated heterocycles. The van der Waals surface area contributed by atoms with Crippen molar-refractivity contribution in [2.45, 2.75) is 39.7 Å². The lowest BCUT2D eigenvalue weighted by Gasteiger charge is -3.14. The van der Waals surface area contributed by atoms with Gasteiger partial charge in [0.2, 0.25) is 39.7 Å². The zero-order valence-corrected chi connectivity index (χ0v) is 7.80. The molecule has 0 aromatic carbocycles. The van der Waals surface area contributed by atoms with Crippen LogP contribution in [0.1, 0.15) is 0 Å². The van der Waals surface area contributed by atoms with Crippen molar-refractivity contribution >= 4 is 0 Å². The van der Waals surface area contributed by atoms with Crippen molar-refractivity contribution in [1.29, 1.82) is 0 Å². The fraction of sp³-hybridized carbons (Fsp3) is 1.00. The number of hydrogen-bond donors (Lipinski definition) is 1. The summed E-state index contributed by atoms with van der Waals surface area (Å²) >= 11 is 0. The Hall–Kier alpha value is -0.530. The molecule has 0 aromatic rings. The molecule has 0 amide bonds. The molecular weight excluding hydrogens is 257 g/mol. The summed E-state index contributed by atoms with van der Waals surface area (Å²) in [5.74, 6) is 0. The molecule has 0 radical (unpaired) electrons. The van der Waals surface area contributed by atoms with Crippen LogP contribution < -0.4 is 0 Å². The van der Waals surface area contributed by atoms with Crippen LogP contribution in [0, 0.1) is 5.41 Å². The lowest BCUT2D eigenvalue weighted by atomic mass is 8.88. The molecule has 6 rings (SSSR count). The van der Waals surface area contributed by atoms with Crippen LogP contribution in [0.5, 0.6) is 0 Å². The van der Waals surface area contributed by atoms with E-state index >= 15 is 0 Å². The number of alkyl halides is 7. The van der Waals surface area contributed by atoms with Gasteiger partial charge in [-0.2, -0.15) is 0 Å². The van der Waals surface area contributed by atoms with Crippen molar-refractivity contribution in [2.75, 3.05) is 6.61 Å². The van der Waals surface area contributed by atoms with Crippen LogP contribution in [0.15, 0.2) is 0 Å². The van der Waals surface area contributed by atoms with Gasteiger partial charge in [-0.3, -0.25) is 0 Å². The minimum atomic E-state index is -4.10. The van der Waals surface area contributed by atoms with Crippen LogP contribution >= 0.6 is 0 Å². The maximum absolute atomic E-state index is 14.0. The van der Waals surface area contributed by atoms with Gasteiger partial charge in [0.15, 0.2) is 0 Å². The van der Waals surface area contributed by atoms with Crippen LogP contribution in [0.3, 0.4) is 0 Å². The third-order valence-electron chi connectivity index (χ3n) is 6.27. The molecule has 17 heavy (non-hydrogen) atoms. The van der Waals surface area contributed by atoms with E-state index in [0.29, 0.717) is 0 Å². The Bertz CT molecular complexity index is 471. The van der Waals surface area contributed by atoms with Gasteiger partial charge in [-0.05, 0) is 0 Å². The van der Waals surface area contributed by atoms with Crippen LogP contribution in [-0.4, -0.2) is 51.4 Å². The van der Waals surface area contributed by atoms with E-state index in [0.717, 1.165) is 0 Å². The number of rotatable bonds is 1. The summed E-state index contributed by atoms with van der Waals surface area (Å²) < 4.78 is 96.9. The average molecular weight is 260 g/mol. The van der Waals surface area contributed by atoms with Gasteiger partial charge in [0.05, 0.1) is 6.61 Å². The van der Waals surface area contributed by atoms with E-state index in [1.807, 2.05) is 0 Å². The van der Waals surface area contributed by atoms with Crippen molar-refractivity contribution in [2.24, 2.45) is 5.41 Å². The molecule has 1 nitrogen and oxygen atoms in total. The van der Waals surface area contributed by atoms with E-state index in [1.54, 1.807) is 0 Å². The molecule has 0 aromatic heterocycles. The summed E-state index contributed by atoms with van der Waals surface area (Å²) in [6.07, 6.45) is 0. The third-order valence-corrected chi connectivity index (χ3v) is 6.27. The molecule has 94 valence electrons. The standard InChI is InChI=1S/C9H3F7O/c10-3-2(1-17)4(11)6(3,13)9(16)7(3,14)5(2,12)8(4,9)15/h17H,1H2. The highest BCUT2D eigenvalue weighted by Gasteiger charge is 3.49. The monoisotopic (exact) mass is 260 g/mol. The first kappa shape index (κ1) is 9.41. The van der Waals surface area contributed by atoms with E-state index in [1.165, 1.54) is 0 Å². The molecule has 6 aliphatic carbocycles. The minimum Gasteiger partial charge on any atom is -0.395 e. The Morgan fingerprint density at radius 3 is 1.00 bits per heavy atom. The second-order valence-electron chi connectivity index (χ2n) is 5.67. The van der Waals surface area contributed by atoms with E-state index in [9.17, 15) is 30.7 Å². The quantitative estimate of drug-likeness (QED) is 0.697. The van der Waals surface area contributed by atoms with Gasteiger partial charge in [-0.15, -0.1) is 0 Å². The van der Waals surface area contributed by atoms with Crippen LogP contribution in [-0.2, 0) is 0 Å². The van der Waals surface area contributed by atoms with Gasteiger partial charge in [-0.25, -0.2) is 30.7 Å². The maximum atomic E-state index is 14.0. The third kappa shape index (κ3) is 0.230. The Labute approximate surface area is 88.6 Å². The van der Waals surface area contributed by atoms with Crippen LogP contribution in [0.2, 0.25) is 0 Å². The number of aliphatic hydroxyl groups excluding tert-OH is 1. The second-order valence-corrected chi connectivity index (χ2v) is 5.67. The highest BCUT2D eigenvalue weighted by molar-refractivity contribution is 5.93. The molecule has 0 unspecified atom stereocenters. The van der Waals surface area contributed by atoms with Gasteiger partial charge < -0.3 is 5.11 Å². The molecular formula is C9H3F7O. The molecule has 6 fully saturated rings. The molecule has 0 atom stereocenters. The predicted molar refractivity (Wildman–Crippen MR) is 36.4 cm³/mol. The summed E-state index contributed by atoms with van der Waals surface area (Å²) in [6.45, 7) is -1.60. The van der Waals surface area contributed by atoms with Crippen LogP contribution in [0.25, 0.3) is 0 Å². The highest BCUT2D eigenvalue weighted by Crippen LogP contribution is 3.19. The predicted octanol–water partition coefficient (Wildman–Crippen LogP) is 0.991. The number of halogens is 7. The smallest absolute Gasteiger partial charge is 0.232 e. The number of aliphatic hydroxyl groups is 1. The first-order chi connectivity index (χ1) is 7.56. The van der Waals surface area contributed by atoms with Crippen LogP contribution in [0.4, 0.5) is 30.7 Å². The fourth-order valence-electron chi connectivity index (χ4n) is 5.99. The SMILES string of the molecule is OCC12C3(F)C4(F)C5(F)C3(F)C1(F)C5(F)C42F. The van der Waals surface area contributed by atoms with Crippen molar-refractivity contribution < 1.29 is 35.8 Å². The van der Waals surface area contributed by atoms with E-state index in [4.69, 9.17) is 5.11 Å². The average Bonchev–Trinajstić information content (AvgIpc) is 2.31. The first-order valence-corrected chi connectivity index (χ1v) is 4.99. The van der Waals surface area contributed by atoms with Gasteiger partial charge in [0.1, 0.15) is 5.41 Å². The normalized spacial score (nSPS) is 92.5. The molecule has 6 saturated carbocycles. The number of hydrogen-bond acceptors (Lipinski definition) is 1. The largest absolute Gasteiger partial charge is 0.395 e. The highest BCUT2D eigenvalue weighted by atomic mass is 19.2. The summed E-state index contributed by atoms with van der Waals surface area (Å²) in [7, 11) is 0. The molecule has 1 N–H and O–H groups in total.